The van der Waals surface area contributed by atoms with Crippen LogP contribution < -0.4 is 10.5 Å². The van der Waals surface area contributed by atoms with Crippen LogP contribution in [0.2, 0.25) is 0 Å². The summed E-state index contributed by atoms with van der Waals surface area (Å²) in [6.07, 6.45) is 0. The molecule has 2 aromatic heterocycles. The molecule has 10 heteroatoms. The molecule has 0 aliphatic rings. The Morgan fingerprint density at radius 3 is 2.23 bits per heavy atom. The Balaban J connectivity index is 0.000000557. The van der Waals surface area contributed by atoms with E-state index in [1.54, 1.807) is 12.1 Å². The van der Waals surface area contributed by atoms with Gasteiger partial charge in [0.05, 0.1) is 20.7 Å². The molecule has 0 spiro atoms. The molecule has 5 aromatic rings. The van der Waals surface area contributed by atoms with Gasteiger partial charge in [-0.05, 0) is 62.4 Å². The third-order valence-electron chi connectivity index (χ3n) is 5.76. The van der Waals surface area contributed by atoms with E-state index < -0.39 is 22.2 Å². The van der Waals surface area contributed by atoms with Crippen LogP contribution in [0.5, 0.6) is 0 Å². The molecular formula is C30H23F2N3O4S. The summed E-state index contributed by atoms with van der Waals surface area (Å²) < 4.78 is 29.2. The Labute approximate surface area is 232 Å². The van der Waals surface area contributed by atoms with Crippen molar-refractivity contribution in [3.05, 3.63) is 110 Å². The first-order valence-electron chi connectivity index (χ1n) is 11.9. The lowest BCUT2D eigenvalue weighted by Gasteiger charge is -2.12. The molecule has 0 saturated carbocycles. The van der Waals surface area contributed by atoms with E-state index in [0.717, 1.165) is 40.7 Å². The number of nitro groups is 1. The van der Waals surface area contributed by atoms with Gasteiger partial charge in [0, 0.05) is 54.5 Å². The number of rotatable bonds is 3. The predicted octanol–water partition coefficient (Wildman–Crippen LogP) is 7.62. The van der Waals surface area contributed by atoms with Gasteiger partial charge in [0.1, 0.15) is 22.2 Å². The number of benzene rings is 3. The van der Waals surface area contributed by atoms with Crippen molar-refractivity contribution in [2.75, 3.05) is 19.0 Å². The second kappa shape index (κ2) is 11.9. The van der Waals surface area contributed by atoms with Crippen LogP contribution in [0.1, 0.15) is 25.0 Å². The van der Waals surface area contributed by atoms with E-state index in [2.05, 4.69) is 16.8 Å². The number of nitro benzene ring substituents is 1. The molecule has 0 N–H and O–H groups in total. The highest BCUT2D eigenvalue weighted by atomic mass is 32.1. The monoisotopic (exact) mass is 559 g/mol. The predicted molar refractivity (Wildman–Crippen MR) is 155 cm³/mol. The zero-order valence-corrected chi connectivity index (χ0v) is 22.8. The van der Waals surface area contributed by atoms with Gasteiger partial charge in [-0.25, -0.2) is 18.6 Å². The number of nitrogens with zero attached hydrogens (tertiary/aromatic N) is 3. The smallest absolute Gasteiger partial charge is 0.346 e. The Morgan fingerprint density at radius 1 is 0.950 bits per heavy atom. The summed E-state index contributed by atoms with van der Waals surface area (Å²) in [5.41, 5.74) is 3.66. The lowest BCUT2D eigenvalue weighted by atomic mass is 10.1. The van der Waals surface area contributed by atoms with Gasteiger partial charge >= 0.3 is 5.63 Å². The Bertz CT molecular complexity index is 1860. The SMILES string of the molecule is CC(F)=C(C)F.CN(C)c1ccc2cc(-c3nc4cc(C#Cc5ccc([N+](=O)[O-])cc5)ccc4s3)c(=O)oc2c1. The van der Waals surface area contributed by atoms with E-state index in [-0.39, 0.29) is 5.69 Å². The second-order valence-corrected chi connectivity index (χ2v) is 9.92. The van der Waals surface area contributed by atoms with E-state index in [9.17, 15) is 23.7 Å². The average Bonchev–Trinajstić information content (AvgIpc) is 3.34. The number of aromatic nitrogens is 1. The fraction of sp³-hybridized carbons (Fsp3) is 0.133. The summed E-state index contributed by atoms with van der Waals surface area (Å²) in [6, 6.07) is 19.3. The van der Waals surface area contributed by atoms with Crippen LogP contribution in [0.15, 0.2) is 87.6 Å². The summed E-state index contributed by atoms with van der Waals surface area (Å²) in [7, 11) is 3.86. The first-order chi connectivity index (χ1) is 19.0. The van der Waals surface area contributed by atoms with Crippen molar-refractivity contribution in [1.82, 2.24) is 4.98 Å². The second-order valence-electron chi connectivity index (χ2n) is 8.89. The Kier molecular flexibility index (Phi) is 8.36. The first kappa shape index (κ1) is 28.1. The van der Waals surface area contributed by atoms with Crippen LogP contribution in [0.3, 0.4) is 0 Å². The number of hydrogen-bond acceptors (Lipinski definition) is 7. The molecule has 0 aliphatic heterocycles. The molecule has 0 atom stereocenters. The van der Waals surface area contributed by atoms with Crippen molar-refractivity contribution in [2.24, 2.45) is 0 Å². The highest BCUT2D eigenvalue weighted by Gasteiger charge is 2.14. The maximum atomic E-state index is 12.7. The summed E-state index contributed by atoms with van der Waals surface area (Å²) >= 11 is 1.42. The molecule has 7 nitrogen and oxygen atoms in total. The number of hydrogen-bond donors (Lipinski definition) is 0. The summed E-state index contributed by atoms with van der Waals surface area (Å²) in [6.45, 7) is 2.16. The largest absolute Gasteiger partial charge is 0.422 e. The lowest BCUT2D eigenvalue weighted by Crippen LogP contribution is -2.08. The molecule has 0 radical (unpaired) electrons. The van der Waals surface area contributed by atoms with E-state index in [4.69, 9.17) is 4.42 Å². The molecule has 0 saturated heterocycles. The van der Waals surface area contributed by atoms with Crippen LogP contribution >= 0.6 is 11.3 Å². The number of halogens is 2. The van der Waals surface area contributed by atoms with Crippen molar-refractivity contribution < 1.29 is 18.1 Å². The molecule has 0 unspecified atom stereocenters. The van der Waals surface area contributed by atoms with Gasteiger partial charge in [0.2, 0.25) is 0 Å². The van der Waals surface area contributed by atoms with Crippen LogP contribution in [-0.2, 0) is 0 Å². The molecule has 0 amide bonds. The van der Waals surface area contributed by atoms with Gasteiger partial charge < -0.3 is 9.32 Å². The number of allylic oxidation sites excluding steroid dienone is 2. The van der Waals surface area contributed by atoms with Crippen molar-refractivity contribution in [3.8, 4) is 22.4 Å². The fourth-order valence-corrected chi connectivity index (χ4v) is 4.41. The highest BCUT2D eigenvalue weighted by Crippen LogP contribution is 2.31. The van der Waals surface area contributed by atoms with Crippen LogP contribution in [-0.4, -0.2) is 24.0 Å². The van der Waals surface area contributed by atoms with Gasteiger partial charge in [-0.3, -0.25) is 10.1 Å². The molecule has 202 valence electrons. The van der Waals surface area contributed by atoms with E-state index >= 15 is 0 Å². The summed E-state index contributed by atoms with van der Waals surface area (Å²) in [4.78, 5) is 29.6. The highest BCUT2D eigenvalue weighted by molar-refractivity contribution is 7.21. The molecule has 2 heterocycles. The van der Waals surface area contributed by atoms with Gasteiger partial charge in [0.15, 0.2) is 0 Å². The fourth-order valence-electron chi connectivity index (χ4n) is 3.46. The van der Waals surface area contributed by atoms with Crippen molar-refractivity contribution in [2.45, 2.75) is 13.8 Å². The topological polar surface area (TPSA) is 89.5 Å². The Hall–Kier alpha value is -4.88. The number of anilines is 1. The zero-order valence-electron chi connectivity index (χ0n) is 22.0. The van der Waals surface area contributed by atoms with Crippen molar-refractivity contribution >= 4 is 43.9 Å². The van der Waals surface area contributed by atoms with Crippen LogP contribution in [0.4, 0.5) is 20.2 Å². The standard InChI is InChI=1S/C26H17N3O4S.C4H6F2/c1-28(2)20-11-8-18-14-21(26(30)33-23(18)15-20)25-27-22-13-17(7-12-24(22)34-25)4-3-16-5-9-19(10-6-16)29(31)32;1-3(5)4(2)6/h5-15H,1-2H3;1-2H3. The molecule has 0 aliphatic carbocycles. The van der Waals surface area contributed by atoms with Crippen molar-refractivity contribution in [1.29, 1.82) is 0 Å². The van der Waals surface area contributed by atoms with Crippen LogP contribution in [0, 0.1) is 22.0 Å². The minimum atomic E-state index is -0.741. The number of thiazole rings is 1. The van der Waals surface area contributed by atoms with E-state index in [1.807, 2.05) is 61.5 Å². The van der Waals surface area contributed by atoms with Gasteiger partial charge in [-0.15, -0.1) is 11.3 Å². The molecule has 0 fully saturated rings. The van der Waals surface area contributed by atoms with E-state index in [1.165, 1.54) is 23.5 Å². The maximum absolute atomic E-state index is 12.7. The molecule has 5 rings (SSSR count). The maximum Gasteiger partial charge on any atom is 0.346 e. The third kappa shape index (κ3) is 6.57. The minimum Gasteiger partial charge on any atom is -0.422 e. The average molecular weight is 560 g/mol. The molecule has 3 aromatic carbocycles. The Morgan fingerprint density at radius 2 is 1.60 bits per heavy atom. The number of non-ortho nitro benzene ring substituents is 1. The summed E-state index contributed by atoms with van der Waals surface area (Å²) in [5.74, 6) is 4.59. The van der Waals surface area contributed by atoms with Gasteiger partial charge in [-0.1, -0.05) is 11.8 Å². The van der Waals surface area contributed by atoms with Crippen LogP contribution in [0.25, 0.3) is 31.8 Å². The molecule has 40 heavy (non-hydrogen) atoms. The minimum absolute atomic E-state index is 0.0262. The van der Waals surface area contributed by atoms with Gasteiger partial charge in [0.25, 0.3) is 5.69 Å². The lowest BCUT2D eigenvalue weighted by molar-refractivity contribution is -0.384. The number of fused-ring (bicyclic) bond motifs is 2. The normalized spacial score (nSPS) is 11.2. The van der Waals surface area contributed by atoms with Gasteiger partial charge in [-0.2, -0.15) is 0 Å². The molecular weight excluding hydrogens is 536 g/mol. The summed E-state index contributed by atoms with van der Waals surface area (Å²) in [5, 5.41) is 12.2. The van der Waals surface area contributed by atoms with Crippen molar-refractivity contribution in [3.63, 3.8) is 0 Å². The first-order valence-corrected chi connectivity index (χ1v) is 12.7. The zero-order chi connectivity index (χ0) is 29.0. The molecule has 0 bridgehead atoms. The van der Waals surface area contributed by atoms with E-state index in [0.29, 0.717) is 21.7 Å². The quantitative estimate of drug-likeness (QED) is 0.0978. The third-order valence-corrected chi connectivity index (χ3v) is 6.83.